The molecule has 2 aliphatic carbocycles. The van der Waals surface area contributed by atoms with E-state index in [1.165, 1.54) is 36.9 Å². The molecule has 0 atom stereocenters. The highest BCUT2D eigenvalue weighted by Gasteiger charge is 2.29. The molecule has 0 bridgehead atoms. The Labute approximate surface area is 320 Å². The van der Waals surface area contributed by atoms with E-state index in [1.807, 2.05) is 0 Å². The number of carbonyl (C=O) groups excluding carboxylic acids is 2. The van der Waals surface area contributed by atoms with Crippen molar-refractivity contribution in [2.45, 2.75) is 45.3 Å². The lowest BCUT2D eigenvalue weighted by Gasteiger charge is -2.20. The van der Waals surface area contributed by atoms with Gasteiger partial charge in [-0.05, 0) is 79.3 Å². The molecule has 2 aromatic carbocycles. The molecule has 2 N–H and O–H groups in total. The van der Waals surface area contributed by atoms with E-state index in [2.05, 4.69) is 20.6 Å². The molecule has 0 spiro atoms. The predicted octanol–water partition coefficient (Wildman–Crippen LogP) is 9.97. The molecule has 2 aromatic heterocycles. The van der Waals surface area contributed by atoms with Crippen molar-refractivity contribution in [3.8, 4) is 23.0 Å². The number of nitrogens with zero attached hydrogens (tertiary/aromatic N) is 2. The fourth-order valence-corrected chi connectivity index (χ4v) is 6.05. The number of benzene rings is 2. The molecule has 2 fully saturated rings. The summed E-state index contributed by atoms with van der Waals surface area (Å²) < 4.78 is 76.2. The molecule has 2 amide bonds. The maximum absolute atomic E-state index is 14.0. The second-order valence-corrected chi connectivity index (χ2v) is 13.8. The molecule has 4 aromatic rings. The molecule has 2 heterocycles. The van der Waals surface area contributed by atoms with Gasteiger partial charge in [-0.25, -0.2) is 0 Å². The smallest absolute Gasteiger partial charge is 0.387 e. The minimum absolute atomic E-state index is 0.00164. The van der Waals surface area contributed by atoms with Crippen LogP contribution in [0.4, 0.5) is 28.9 Å². The number of anilines is 2. The van der Waals surface area contributed by atoms with Gasteiger partial charge in [0.15, 0.2) is 23.0 Å². The van der Waals surface area contributed by atoms with Crippen LogP contribution in [0.5, 0.6) is 23.0 Å². The molecule has 280 valence electrons. The number of pyridine rings is 2. The summed E-state index contributed by atoms with van der Waals surface area (Å²) in [6.45, 7) is -6.23. The first-order chi connectivity index (χ1) is 25.4. The number of carbonyl (C=O) groups is 2. The van der Waals surface area contributed by atoms with Crippen LogP contribution >= 0.6 is 46.4 Å². The number of alkyl halides is 4. The maximum Gasteiger partial charge on any atom is 0.387 e. The lowest BCUT2D eigenvalue weighted by Crippen LogP contribution is -2.19. The summed E-state index contributed by atoms with van der Waals surface area (Å²) in [6, 6.07) is 4.69. The number of hydrogen-bond acceptors (Lipinski definition) is 8. The third kappa shape index (κ3) is 10.0. The summed E-state index contributed by atoms with van der Waals surface area (Å²) in [5.41, 5.74) is -0.271. The minimum atomic E-state index is -3.29. The van der Waals surface area contributed by atoms with Crippen molar-refractivity contribution in [1.29, 1.82) is 0 Å². The average molecular weight is 818 g/mol. The van der Waals surface area contributed by atoms with Gasteiger partial charge in [-0.15, -0.1) is 0 Å². The van der Waals surface area contributed by atoms with Gasteiger partial charge in [0.2, 0.25) is 0 Å². The zero-order valence-corrected chi connectivity index (χ0v) is 30.3. The lowest BCUT2D eigenvalue weighted by molar-refractivity contribution is -0.0521. The Balaban J connectivity index is 1.48. The number of nitrogens with one attached hydrogen (secondary N) is 2. The van der Waals surface area contributed by atoms with Crippen molar-refractivity contribution in [2.75, 3.05) is 23.8 Å². The molecule has 0 saturated heterocycles. The summed E-state index contributed by atoms with van der Waals surface area (Å²) in [4.78, 5) is 35.7. The van der Waals surface area contributed by atoms with E-state index in [0.29, 0.717) is 0 Å². The Morgan fingerprint density at radius 2 is 0.981 bits per heavy atom. The number of hydrogen-bond donors (Lipinski definition) is 2. The Hall–Kier alpha value is -4.24. The highest BCUT2D eigenvalue weighted by molar-refractivity contribution is 6.40. The summed E-state index contributed by atoms with van der Waals surface area (Å²) in [6.07, 6.45) is 8.08. The van der Waals surface area contributed by atoms with E-state index in [4.69, 9.17) is 65.4 Å². The second-order valence-electron chi connectivity index (χ2n) is 12.2. The molecule has 6 rings (SSSR count). The molecule has 0 radical (unpaired) electrons. The highest BCUT2D eigenvalue weighted by atomic mass is 35.5. The Morgan fingerprint density at radius 3 is 1.30 bits per heavy atom. The molecule has 53 heavy (non-hydrogen) atoms. The van der Waals surface area contributed by atoms with Crippen molar-refractivity contribution in [1.82, 2.24) is 9.97 Å². The van der Waals surface area contributed by atoms with Gasteiger partial charge < -0.3 is 29.6 Å². The first-order valence-corrected chi connectivity index (χ1v) is 17.6. The van der Waals surface area contributed by atoms with Crippen molar-refractivity contribution in [2.24, 2.45) is 11.8 Å². The van der Waals surface area contributed by atoms with Gasteiger partial charge in [0.25, 0.3) is 11.8 Å². The van der Waals surface area contributed by atoms with Gasteiger partial charge in [0.05, 0.1) is 44.7 Å². The molecule has 2 saturated carbocycles. The Kier molecular flexibility index (Phi) is 12.2. The van der Waals surface area contributed by atoms with Crippen LogP contribution in [-0.2, 0) is 6.42 Å². The SMILES string of the molecule is O=C(Nc1c(Cl)cncc1Cl)c1cc(OCC2CC2)c(OC(F)F)cc1Cc1cc(OC(F)F)c(OCC2CC2)cc1C(=O)Nc1c(Cl)cncc1Cl. The largest absolute Gasteiger partial charge is 0.489 e. The molecule has 0 aliphatic heterocycles. The summed E-state index contributed by atoms with van der Waals surface area (Å²) in [7, 11) is 0. The predicted molar refractivity (Wildman–Crippen MR) is 190 cm³/mol. The average Bonchev–Trinajstić information content (AvgIpc) is 4.03. The van der Waals surface area contributed by atoms with Crippen LogP contribution in [0.2, 0.25) is 20.1 Å². The van der Waals surface area contributed by atoms with Crippen LogP contribution in [0.25, 0.3) is 0 Å². The molecule has 10 nitrogen and oxygen atoms in total. The molecular weight excluding hydrogens is 790 g/mol. The van der Waals surface area contributed by atoms with E-state index in [1.54, 1.807) is 0 Å². The second kappa shape index (κ2) is 16.8. The van der Waals surface area contributed by atoms with Gasteiger partial charge in [-0.1, -0.05) is 46.4 Å². The first kappa shape index (κ1) is 38.5. The van der Waals surface area contributed by atoms with Gasteiger partial charge in [0, 0.05) is 35.9 Å². The van der Waals surface area contributed by atoms with Crippen LogP contribution in [0.15, 0.2) is 49.1 Å². The highest BCUT2D eigenvalue weighted by Crippen LogP contribution is 2.41. The summed E-state index contributed by atoms with van der Waals surface area (Å²) >= 11 is 25.0. The van der Waals surface area contributed by atoms with Crippen LogP contribution in [0.1, 0.15) is 57.5 Å². The summed E-state index contributed by atoms with van der Waals surface area (Å²) in [5.74, 6) is -2.40. The molecule has 0 unspecified atom stereocenters. The van der Waals surface area contributed by atoms with Crippen molar-refractivity contribution in [3.05, 3.63) is 91.4 Å². The quantitative estimate of drug-likeness (QED) is 0.107. The lowest BCUT2D eigenvalue weighted by atomic mass is 9.94. The fourth-order valence-electron chi connectivity index (χ4n) is 5.13. The van der Waals surface area contributed by atoms with E-state index < -0.39 is 43.0 Å². The number of ether oxygens (including phenoxy) is 4. The van der Waals surface area contributed by atoms with E-state index >= 15 is 0 Å². The first-order valence-electron chi connectivity index (χ1n) is 16.1. The molecule has 2 aliphatic rings. The number of halogens is 8. The third-order valence-corrected chi connectivity index (χ3v) is 9.31. The minimum Gasteiger partial charge on any atom is -0.489 e. The molecular formula is C35H28Cl4F4N4O6. The maximum atomic E-state index is 14.0. The fraction of sp³-hybridized carbons (Fsp3) is 0.314. The number of rotatable bonds is 16. The molecule has 18 heteroatoms. The van der Waals surface area contributed by atoms with E-state index in [9.17, 15) is 27.2 Å². The van der Waals surface area contributed by atoms with Crippen molar-refractivity contribution < 1.29 is 46.1 Å². The number of amides is 2. The van der Waals surface area contributed by atoms with Crippen LogP contribution in [0, 0.1) is 11.8 Å². The van der Waals surface area contributed by atoms with Crippen molar-refractivity contribution in [3.63, 3.8) is 0 Å². The van der Waals surface area contributed by atoms with Gasteiger partial charge >= 0.3 is 13.2 Å². The van der Waals surface area contributed by atoms with Crippen molar-refractivity contribution >= 4 is 69.6 Å². The van der Waals surface area contributed by atoms with Gasteiger partial charge in [0.1, 0.15) is 0 Å². The van der Waals surface area contributed by atoms with Crippen LogP contribution < -0.4 is 29.6 Å². The van der Waals surface area contributed by atoms with Gasteiger partial charge in [-0.2, -0.15) is 17.6 Å². The van der Waals surface area contributed by atoms with E-state index in [0.717, 1.165) is 37.8 Å². The zero-order chi connectivity index (χ0) is 37.8. The van der Waals surface area contributed by atoms with Crippen LogP contribution in [0.3, 0.4) is 0 Å². The zero-order valence-electron chi connectivity index (χ0n) is 27.2. The topological polar surface area (TPSA) is 121 Å². The number of aromatic nitrogens is 2. The standard InChI is InChI=1S/C35H28Cl4F4N4O6/c36-22-10-44-11-23(37)30(22)46-32(48)20-8-26(50-14-16-1-2-16)28(52-34(40)41)6-18(20)5-19-7-29(53-35(42)43)27(51-15-17-3-4-17)9-21(19)33(49)47-31-24(38)12-45-13-25(31)39/h6-13,16-17,34-35H,1-5,14-15H2,(H,44,46,48)(H,45,47,49). The Morgan fingerprint density at radius 1 is 0.623 bits per heavy atom. The monoisotopic (exact) mass is 816 g/mol. The normalized spacial score (nSPS) is 13.9. The van der Waals surface area contributed by atoms with E-state index in [-0.39, 0.29) is 90.3 Å². The Bertz CT molecular complexity index is 1840. The summed E-state index contributed by atoms with van der Waals surface area (Å²) in [5, 5.41) is 5.20. The van der Waals surface area contributed by atoms with Crippen LogP contribution in [-0.4, -0.2) is 48.2 Å². The van der Waals surface area contributed by atoms with Gasteiger partial charge in [-0.3, -0.25) is 19.6 Å². The third-order valence-electron chi connectivity index (χ3n) is 8.17.